The molecule has 0 atom stereocenters. The highest BCUT2D eigenvalue weighted by Crippen LogP contribution is 2.39. The summed E-state index contributed by atoms with van der Waals surface area (Å²) in [5.74, 6) is 1.08. The highest BCUT2D eigenvalue weighted by molar-refractivity contribution is 14.1. The predicted octanol–water partition coefficient (Wildman–Crippen LogP) is 6.13. The number of nitrogens with zero attached hydrogens (tertiary/aromatic N) is 1. The fourth-order valence-electron chi connectivity index (χ4n) is 2.49. The summed E-state index contributed by atoms with van der Waals surface area (Å²) in [5, 5.41) is 0.514. The van der Waals surface area contributed by atoms with Crippen LogP contribution in [0.2, 0.25) is 5.02 Å². The van der Waals surface area contributed by atoms with E-state index in [4.69, 9.17) is 33.3 Å². The Labute approximate surface area is 193 Å². The quantitative estimate of drug-likeness (QED) is 0.241. The number of hydrogen-bond acceptors (Lipinski definition) is 5. The van der Waals surface area contributed by atoms with Crippen LogP contribution in [0.25, 0.3) is 6.08 Å². The molecule has 3 rings (SSSR count). The Morgan fingerprint density at radius 2 is 2.00 bits per heavy atom. The molecule has 2 aromatic carbocycles. The Hall–Kier alpha value is -0.810. The molecule has 0 aromatic heterocycles. The molecule has 1 saturated heterocycles. The second-order valence-electron chi connectivity index (χ2n) is 5.35. The summed E-state index contributed by atoms with van der Waals surface area (Å²) in [5.41, 5.74) is 1.46. The monoisotopic (exact) mass is 595 g/mol. The van der Waals surface area contributed by atoms with Gasteiger partial charge >= 0.3 is 0 Å². The molecular weight excluding hydrogens is 585 g/mol. The van der Waals surface area contributed by atoms with Gasteiger partial charge in [-0.2, -0.15) is 0 Å². The van der Waals surface area contributed by atoms with Gasteiger partial charge < -0.3 is 9.47 Å². The summed E-state index contributed by atoms with van der Waals surface area (Å²) >= 11 is 18.3. The van der Waals surface area contributed by atoms with E-state index in [0.717, 1.165) is 13.6 Å². The van der Waals surface area contributed by atoms with Crippen LogP contribution < -0.4 is 14.4 Å². The van der Waals surface area contributed by atoms with Crippen molar-refractivity contribution in [1.29, 1.82) is 0 Å². The first kappa shape index (κ1) is 20.9. The zero-order valence-electron chi connectivity index (χ0n) is 14.1. The first-order valence-corrected chi connectivity index (χ1v) is 11.0. The number of thiocarbonyl (C=S) groups is 1. The largest absolute Gasteiger partial charge is 0.493 e. The lowest BCUT2D eigenvalue weighted by Gasteiger charge is -2.15. The van der Waals surface area contributed by atoms with Gasteiger partial charge in [0.05, 0.1) is 33.4 Å². The molecule has 9 heteroatoms. The third-order valence-corrected chi connectivity index (χ3v) is 7.04. The summed E-state index contributed by atoms with van der Waals surface area (Å²) in [6.07, 6.45) is 1.80. The van der Waals surface area contributed by atoms with E-state index in [2.05, 4.69) is 38.5 Å². The molecule has 1 heterocycles. The second-order valence-corrected chi connectivity index (χ2v) is 9.45. The van der Waals surface area contributed by atoms with Gasteiger partial charge in [-0.05, 0) is 80.5 Å². The molecule has 0 bridgehead atoms. The fourth-order valence-corrected chi connectivity index (χ4v) is 5.05. The van der Waals surface area contributed by atoms with Gasteiger partial charge in [0.2, 0.25) is 0 Å². The van der Waals surface area contributed by atoms with Crippen LogP contribution >= 0.6 is 74.1 Å². The molecule has 140 valence electrons. The zero-order valence-corrected chi connectivity index (χ0v) is 20.2. The SMILES string of the molecule is COc1cc(/C=C2/SC(=S)N(c3ccc(Br)c(Cl)c3)C2=O)cc(I)c1OC. The Morgan fingerprint density at radius 1 is 1.26 bits per heavy atom. The number of thioether (sulfide) groups is 1. The summed E-state index contributed by atoms with van der Waals surface area (Å²) in [6, 6.07) is 9.04. The number of methoxy groups -OCH3 is 2. The molecule has 1 amide bonds. The average Bonchev–Trinajstić information content (AvgIpc) is 2.90. The van der Waals surface area contributed by atoms with Crippen LogP contribution in [0.1, 0.15) is 5.56 Å². The van der Waals surface area contributed by atoms with Crippen molar-refractivity contribution in [1.82, 2.24) is 0 Å². The van der Waals surface area contributed by atoms with Crippen molar-refractivity contribution in [3.63, 3.8) is 0 Å². The minimum atomic E-state index is -0.187. The first-order chi connectivity index (χ1) is 12.8. The lowest BCUT2D eigenvalue weighted by Crippen LogP contribution is -2.27. The fraction of sp³-hybridized carbons (Fsp3) is 0.111. The van der Waals surface area contributed by atoms with Crippen molar-refractivity contribution >= 4 is 96.1 Å². The Bertz CT molecular complexity index is 983. The van der Waals surface area contributed by atoms with Crippen LogP contribution in [0.3, 0.4) is 0 Å². The van der Waals surface area contributed by atoms with Crippen molar-refractivity contribution in [3.05, 3.63) is 53.9 Å². The molecule has 0 radical (unpaired) electrons. The third-order valence-electron chi connectivity index (χ3n) is 3.71. The third kappa shape index (κ3) is 4.29. The van der Waals surface area contributed by atoms with E-state index in [1.165, 1.54) is 16.7 Å². The molecule has 0 unspecified atom stereocenters. The van der Waals surface area contributed by atoms with Crippen LogP contribution in [0.5, 0.6) is 11.5 Å². The van der Waals surface area contributed by atoms with Crippen LogP contribution in [-0.4, -0.2) is 24.4 Å². The molecule has 1 aliphatic heterocycles. The van der Waals surface area contributed by atoms with Crippen molar-refractivity contribution in [2.24, 2.45) is 0 Å². The number of carbonyl (C=O) groups excluding carboxylic acids is 1. The molecule has 1 aliphatic rings. The lowest BCUT2D eigenvalue weighted by molar-refractivity contribution is -0.113. The van der Waals surface area contributed by atoms with Gasteiger partial charge in [0.1, 0.15) is 0 Å². The second kappa shape index (κ2) is 8.69. The molecule has 2 aromatic rings. The Morgan fingerprint density at radius 3 is 2.63 bits per heavy atom. The van der Waals surface area contributed by atoms with E-state index >= 15 is 0 Å². The maximum atomic E-state index is 12.9. The molecule has 4 nitrogen and oxygen atoms in total. The van der Waals surface area contributed by atoms with Crippen LogP contribution in [0.4, 0.5) is 5.69 Å². The van der Waals surface area contributed by atoms with Crippen LogP contribution in [0, 0.1) is 3.57 Å². The van der Waals surface area contributed by atoms with E-state index in [9.17, 15) is 4.79 Å². The van der Waals surface area contributed by atoms with Crippen molar-refractivity contribution in [2.75, 3.05) is 19.1 Å². The van der Waals surface area contributed by atoms with E-state index in [1.54, 1.807) is 38.5 Å². The van der Waals surface area contributed by atoms with Gasteiger partial charge in [0.15, 0.2) is 15.8 Å². The van der Waals surface area contributed by atoms with Crippen LogP contribution in [-0.2, 0) is 4.79 Å². The average molecular weight is 597 g/mol. The molecule has 1 fully saturated rings. The van der Waals surface area contributed by atoms with Gasteiger partial charge in [0, 0.05) is 4.47 Å². The van der Waals surface area contributed by atoms with Crippen molar-refractivity contribution in [3.8, 4) is 11.5 Å². The molecule has 0 saturated carbocycles. The Balaban J connectivity index is 1.97. The van der Waals surface area contributed by atoms with Gasteiger partial charge in [-0.15, -0.1) is 0 Å². The molecule has 0 aliphatic carbocycles. The first-order valence-electron chi connectivity index (χ1n) is 7.50. The van der Waals surface area contributed by atoms with E-state index in [0.29, 0.717) is 31.4 Å². The molecule has 27 heavy (non-hydrogen) atoms. The summed E-state index contributed by atoms with van der Waals surface area (Å²) < 4.78 is 12.8. The number of anilines is 1. The van der Waals surface area contributed by atoms with E-state index in [-0.39, 0.29) is 5.91 Å². The number of ether oxygens (including phenoxy) is 2. The van der Waals surface area contributed by atoms with E-state index < -0.39 is 0 Å². The highest BCUT2D eigenvalue weighted by atomic mass is 127. The number of halogens is 3. The van der Waals surface area contributed by atoms with Crippen molar-refractivity contribution in [2.45, 2.75) is 0 Å². The molecule has 0 N–H and O–H groups in total. The zero-order chi connectivity index (χ0) is 19.7. The van der Waals surface area contributed by atoms with Gasteiger partial charge in [-0.25, -0.2) is 0 Å². The van der Waals surface area contributed by atoms with Crippen molar-refractivity contribution < 1.29 is 14.3 Å². The normalized spacial score (nSPS) is 15.6. The predicted molar refractivity (Wildman–Crippen MR) is 127 cm³/mol. The minimum absolute atomic E-state index is 0.187. The maximum absolute atomic E-state index is 12.9. The topological polar surface area (TPSA) is 38.8 Å². The lowest BCUT2D eigenvalue weighted by atomic mass is 10.2. The highest BCUT2D eigenvalue weighted by Gasteiger charge is 2.33. The van der Waals surface area contributed by atoms with E-state index in [1.807, 2.05) is 12.1 Å². The summed E-state index contributed by atoms with van der Waals surface area (Å²) in [7, 11) is 3.17. The number of carbonyl (C=O) groups is 1. The summed E-state index contributed by atoms with van der Waals surface area (Å²) in [6.45, 7) is 0. The standard InChI is InChI=1S/C18H12BrClINO3S2/c1-24-14-6-9(5-13(21)16(14)25-2)7-15-17(23)22(18(26)27-15)10-3-4-11(19)12(20)8-10/h3-8H,1-2H3/b15-7+. The van der Waals surface area contributed by atoms with Gasteiger partial charge in [-0.1, -0.05) is 35.6 Å². The minimum Gasteiger partial charge on any atom is -0.493 e. The van der Waals surface area contributed by atoms with Gasteiger partial charge in [0.25, 0.3) is 5.91 Å². The Kier molecular flexibility index (Phi) is 6.73. The smallest absolute Gasteiger partial charge is 0.270 e. The number of hydrogen-bond donors (Lipinski definition) is 0. The van der Waals surface area contributed by atoms with Crippen LogP contribution in [0.15, 0.2) is 39.7 Å². The summed E-state index contributed by atoms with van der Waals surface area (Å²) in [4.78, 5) is 14.9. The number of benzene rings is 2. The van der Waals surface area contributed by atoms with Gasteiger partial charge in [-0.3, -0.25) is 9.69 Å². The maximum Gasteiger partial charge on any atom is 0.270 e. The molecule has 0 spiro atoms. The number of rotatable bonds is 4. The number of amides is 1. The molecular formula is C18H12BrClINO3S2.